The zero-order valence-electron chi connectivity index (χ0n) is 33.3. The fourth-order valence-electron chi connectivity index (χ4n) is 10.3. The summed E-state index contributed by atoms with van der Waals surface area (Å²) in [6.45, 7) is 0. The molecule has 0 aliphatic carbocycles. The van der Waals surface area contributed by atoms with E-state index >= 15 is 0 Å². The lowest BCUT2D eigenvalue weighted by Crippen LogP contribution is -1.95. The van der Waals surface area contributed by atoms with E-state index in [2.05, 4.69) is 229 Å². The van der Waals surface area contributed by atoms with Crippen LogP contribution in [0, 0.1) is 0 Å². The van der Waals surface area contributed by atoms with Crippen LogP contribution in [0.4, 0.5) is 0 Å². The van der Waals surface area contributed by atoms with Crippen LogP contribution in [0.1, 0.15) is 0 Å². The maximum absolute atomic E-state index is 2.46. The average Bonchev–Trinajstić information content (AvgIpc) is 3.68. The van der Waals surface area contributed by atoms with Crippen LogP contribution in [0.25, 0.3) is 126 Å². The van der Waals surface area contributed by atoms with Crippen molar-refractivity contribution in [3.05, 3.63) is 224 Å². The molecule has 0 bridgehead atoms. The summed E-state index contributed by atoms with van der Waals surface area (Å²) in [6, 6.07) is 83.2. The molecule has 1 nitrogen and oxygen atoms in total. The van der Waals surface area contributed by atoms with Crippen molar-refractivity contribution in [3.63, 3.8) is 0 Å². The molecule has 0 N–H and O–H groups in total. The monoisotopic (exact) mass is 771 g/mol. The van der Waals surface area contributed by atoms with E-state index < -0.39 is 0 Å². The highest BCUT2D eigenvalue weighted by molar-refractivity contribution is 6.28. The fourth-order valence-corrected chi connectivity index (χ4v) is 10.3. The van der Waals surface area contributed by atoms with Crippen LogP contribution in [0.2, 0.25) is 0 Å². The molecule has 282 valence electrons. The summed E-state index contributed by atoms with van der Waals surface area (Å²) in [5.74, 6) is 0. The number of hydrogen-bond donors (Lipinski definition) is 0. The molecule has 0 saturated carbocycles. The first kappa shape index (κ1) is 33.9. The molecule has 61 heavy (non-hydrogen) atoms. The Labute approximate surface area is 353 Å². The molecular formula is C60H37N. The topological polar surface area (TPSA) is 4.93 Å². The van der Waals surface area contributed by atoms with Gasteiger partial charge in [-0.25, -0.2) is 0 Å². The average molecular weight is 772 g/mol. The first-order chi connectivity index (χ1) is 30.2. The third-order valence-electron chi connectivity index (χ3n) is 13.1. The van der Waals surface area contributed by atoms with E-state index in [1.807, 2.05) is 0 Å². The lowest BCUT2D eigenvalue weighted by Gasteiger charge is -2.19. The largest absolute Gasteiger partial charge is 0.309 e. The van der Waals surface area contributed by atoms with Gasteiger partial charge in [0.1, 0.15) is 0 Å². The molecule has 1 aromatic heterocycles. The van der Waals surface area contributed by atoms with E-state index in [-0.39, 0.29) is 0 Å². The van der Waals surface area contributed by atoms with Gasteiger partial charge in [-0.15, -0.1) is 0 Å². The van der Waals surface area contributed by atoms with Crippen molar-refractivity contribution in [1.82, 2.24) is 4.57 Å². The van der Waals surface area contributed by atoms with Crippen LogP contribution in [0.3, 0.4) is 0 Å². The molecule has 1 heterocycles. The molecule has 0 unspecified atom stereocenters. The van der Waals surface area contributed by atoms with Crippen molar-refractivity contribution >= 4 is 86.4 Å². The summed E-state index contributed by atoms with van der Waals surface area (Å²) in [4.78, 5) is 0. The van der Waals surface area contributed by atoms with Crippen LogP contribution in [0.15, 0.2) is 224 Å². The lowest BCUT2D eigenvalue weighted by atomic mass is 9.84. The quantitative estimate of drug-likeness (QED) is 0.157. The summed E-state index contributed by atoms with van der Waals surface area (Å²) in [6.07, 6.45) is 0. The Kier molecular flexibility index (Phi) is 7.37. The van der Waals surface area contributed by atoms with Gasteiger partial charge >= 0.3 is 0 Å². The lowest BCUT2D eigenvalue weighted by molar-refractivity contribution is 1.18. The molecule has 0 aliphatic rings. The summed E-state index contributed by atoms with van der Waals surface area (Å²) in [7, 11) is 0. The molecule has 0 aliphatic heterocycles. The van der Waals surface area contributed by atoms with E-state index in [9.17, 15) is 0 Å². The summed E-state index contributed by atoms with van der Waals surface area (Å²) in [5, 5.41) is 17.7. The van der Waals surface area contributed by atoms with Gasteiger partial charge in [-0.3, -0.25) is 0 Å². The highest BCUT2D eigenvalue weighted by Gasteiger charge is 2.20. The third-order valence-corrected chi connectivity index (χ3v) is 13.1. The Morgan fingerprint density at radius 3 is 1.21 bits per heavy atom. The number of fused-ring (bicyclic) bond motifs is 11. The van der Waals surface area contributed by atoms with Gasteiger partial charge in [0.2, 0.25) is 0 Å². The molecular weight excluding hydrogens is 735 g/mol. The minimum Gasteiger partial charge on any atom is -0.309 e. The van der Waals surface area contributed by atoms with Gasteiger partial charge in [-0.05, 0) is 140 Å². The number of hydrogen-bond acceptors (Lipinski definition) is 0. The minimum atomic E-state index is 1.15. The standard InChI is InChI=1S/C60H37N/c1-3-15-43-35-45(23-21-38(43)11-1)46-27-32-53-54(37-46)58(47-24-22-39-12-2-4-16-44(39)36-47)52-20-10-9-19-51(52)57(53)42-25-30-48(31-26-42)61-55-33-28-40-13-5-7-17-49(40)59(55)60-50-18-8-6-14-41(50)29-34-56(60)61/h1-37H. The second-order valence-corrected chi connectivity index (χ2v) is 16.4. The number of rotatable bonds is 4. The Hall–Kier alpha value is -8.00. The molecule has 0 saturated heterocycles. The second kappa shape index (κ2) is 13.3. The number of nitrogens with zero attached hydrogens (tertiary/aromatic N) is 1. The van der Waals surface area contributed by atoms with Crippen molar-refractivity contribution in [2.24, 2.45) is 0 Å². The molecule has 12 aromatic carbocycles. The van der Waals surface area contributed by atoms with Crippen molar-refractivity contribution in [1.29, 1.82) is 0 Å². The van der Waals surface area contributed by atoms with Crippen molar-refractivity contribution in [3.8, 4) is 39.1 Å². The van der Waals surface area contributed by atoms with Crippen LogP contribution < -0.4 is 0 Å². The first-order valence-electron chi connectivity index (χ1n) is 21.2. The Morgan fingerprint density at radius 2 is 0.623 bits per heavy atom. The highest BCUT2D eigenvalue weighted by Crippen LogP contribution is 2.46. The molecule has 0 radical (unpaired) electrons. The summed E-state index contributed by atoms with van der Waals surface area (Å²) >= 11 is 0. The molecule has 13 rings (SSSR count). The zero-order chi connectivity index (χ0) is 40.0. The second-order valence-electron chi connectivity index (χ2n) is 16.4. The number of benzene rings is 12. The predicted molar refractivity (Wildman–Crippen MR) is 262 cm³/mol. The molecule has 0 spiro atoms. The maximum Gasteiger partial charge on any atom is 0.0547 e. The van der Waals surface area contributed by atoms with Gasteiger partial charge in [0.25, 0.3) is 0 Å². The van der Waals surface area contributed by atoms with Crippen LogP contribution >= 0.6 is 0 Å². The predicted octanol–water partition coefficient (Wildman–Crippen LogP) is 16.7. The number of aromatic nitrogens is 1. The van der Waals surface area contributed by atoms with E-state index in [1.165, 1.54) is 120 Å². The van der Waals surface area contributed by atoms with Crippen molar-refractivity contribution in [2.45, 2.75) is 0 Å². The normalized spacial score (nSPS) is 11.9. The molecule has 13 aromatic rings. The molecule has 1 heteroatoms. The Balaban J connectivity index is 1.06. The molecule has 0 atom stereocenters. The van der Waals surface area contributed by atoms with Gasteiger partial charge < -0.3 is 4.57 Å². The highest BCUT2D eigenvalue weighted by atomic mass is 15.0. The minimum absolute atomic E-state index is 1.15. The van der Waals surface area contributed by atoms with E-state index in [4.69, 9.17) is 0 Å². The van der Waals surface area contributed by atoms with Crippen molar-refractivity contribution < 1.29 is 0 Å². The van der Waals surface area contributed by atoms with E-state index in [0.29, 0.717) is 0 Å². The van der Waals surface area contributed by atoms with Gasteiger partial charge in [0.05, 0.1) is 11.0 Å². The smallest absolute Gasteiger partial charge is 0.0547 e. The SMILES string of the molecule is c1ccc2cc(-c3ccc4c(-c5ccc(-n6c7ccc8ccccc8c7c7c8ccccc8ccc76)cc5)c5ccccc5c(-c5ccc6ccccc6c5)c4c3)ccc2c1. The summed E-state index contributed by atoms with van der Waals surface area (Å²) in [5.41, 5.74) is 11.0. The first-order valence-corrected chi connectivity index (χ1v) is 21.2. The Bertz CT molecular complexity index is 3830. The van der Waals surface area contributed by atoms with Gasteiger partial charge in [0.15, 0.2) is 0 Å². The van der Waals surface area contributed by atoms with E-state index in [1.54, 1.807) is 0 Å². The summed E-state index contributed by atoms with van der Waals surface area (Å²) < 4.78 is 2.46. The van der Waals surface area contributed by atoms with Crippen LogP contribution in [-0.2, 0) is 0 Å². The van der Waals surface area contributed by atoms with Crippen molar-refractivity contribution in [2.75, 3.05) is 0 Å². The third kappa shape index (κ3) is 5.21. The van der Waals surface area contributed by atoms with Crippen LogP contribution in [0.5, 0.6) is 0 Å². The Morgan fingerprint density at radius 1 is 0.230 bits per heavy atom. The van der Waals surface area contributed by atoms with Crippen LogP contribution in [-0.4, -0.2) is 4.57 Å². The van der Waals surface area contributed by atoms with E-state index in [0.717, 1.165) is 5.69 Å². The zero-order valence-corrected chi connectivity index (χ0v) is 33.3. The maximum atomic E-state index is 2.46. The van der Waals surface area contributed by atoms with Gasteiger partial charge in [0, 0.05) is 16.5 Å². The molecule has 0 amide bonds. The van der Waals surface area contributed by atoms with Gasteiger partial charge in [-0.2, -0.15) is 0 Å². The molecule has 0 fully saturated rings. The van der Waals surface area contributed by atoms with Gasteiger partial charge in [-0.1, -0.05) is 182 Å². The fraction of sp³-hybridized carbons (Fsp3) is 0.